The van der Waals surface area contributed by atoms with E-state index in [9.17, 15) is 4.79 Å². The summed E-state index contributed by atoms with van der Waals surface area (Å²) in [5.74, 6) is 0.161. The van der Waals surface area contributed by atoms with Gasteiger partial charge in [-0.15, -0.1) is 11.8 Å². The Morgan fingerprint density at radius 1 is 0.971 bits per heavy atom. The minimum atomic E-state index is 0.0203. The number of fused-ring (bicyclic) bond motifs is 2. The van der Waals surface area contributed by atoms with Crippen molar-refractivity contribution in [1.29, 1.82) is 0 Å². The smallest absolute Gasteiger partial charge is 0.167 e. The minimum absolute atomic E-state index is 0.0203. The molecule has 0 unspecified atom stereocenters. The Hall–Kier alpha value is -1.63. The maximum atomic E-state index is 13.0. The average molecular weight is 530 g/mol. The zero-order chi connectivity index (χ0) is 23.7. The van der Waals surface area contributed by atoms with Crippen LogP contribution in [0.4, 0.5) is 11.4 Å². The number of para-hydroxylation sites is 1. The first-order chi connectivity index (χ1) is 16.5. The fourth-order valence-corrected chi connectivity index (χ4v) is 6.76. The number of ketones is 1. The molecule has 0 saturated carbocycles. The van der Waals surface area contributed by atoms with Crippen molar-refractivity contribution >= 4 is 63.9 Å². The molecule has 2 aliphatic rings. The summed E-state index contributed by atoms with van der Waals surface area (Å²) >= 11 is 15.9. The van der Waals surface area contributed by atoms with Crippen LogP contribution in [0.25, 0.3) is 0 Å². The van der Waals surface area contributed by atoms with Crippen LogP contribution in [0, 0.1) is 5.92 Å². The number of halogens is 2. The van der Waals surface area contributed by atoms with Gasteiger partial charge >= 0.3 is 0 Å². The molecule has 0 aromatic heterocycles. The molecule has 0 spiro atoms. The van der Waals surface area contributed by atoms with Gasteiger partial charge in [0.05, 0.1) is 16.4 Å². The van der Waals surface area contributed by atoms with E-state index in [4.69, 9.17) is 23.2 Å². The largest absolute Gasteiger partial charge is 0.338 e. The summed E-state index contributed by atoms with van der Waals surface area (Å²) in [7, 11) is 0. The SMILES string of the molecule is CSc1ccc2c(c1)N(CCN1CCC(C(=O)c3ccc(Cl)cc3Cl)CC1)c1ccccc1S2. The number of carbonyl (C=O) groups is 1. The zero-order valence-corrected chi connectivity index (χ0v) is 22.1. The number of rotatable bonds is 6. The quantitative estimate of drug-likeness (QED) is 0.239. The Balaban J connectivity index is 1.25. The molecule has 0 atom stereocenters. The van der Waals surface area contributed by atoms with Crippen LogP contribution in [-0.4, -0.2) is 43.1 Å². The normalized spacial score (nSPS) is 16.3. The Labute approximate surface area is 219 Å². The highest BCUT2D eigenvalue weighted by Crippen LogP contribution is 2.48. The molecular weight excluding hydrogens is 503 g/mol. The number of thioether (sulfide) groups is 1. The molecule has 176 valence electrons. The van der Waals surface area contributed by atoms with Crippen molar-refractivity contribution in [3.05, 3.63) is 76.3 Å². The van der Waals surface area contributed by atoms with Crippen molar-refractivity contribution in [3.63, 3.8) is 0 Å². The number of carbonyl (C=O) groups excluding carboxylic acids is 1. The molecule has 1 fully saturated rings. The summed E-state index contributed by atoms with van der Waals surface area (Å²) in [6.45, 7) is 3.72. The van der Waals surface area contributed by atoms with Crippen molar-refractivity contribution in [1.82, 2.24) is 4.90 Å². The van der Waals surface area contributed by atoms with Gasteiger partial charge in [-0.2, -0.15) is 0 Å². The summed E-state index contributed by atoms with van der Waals surface area (Å²) in [5, 5.41) is 1.00. The third-order valence-electron chi connectivity index (χ3n) is 6.63. The van der Waals surface area contributed by atoms with Crippen LogP contribution in [0.15, 0.2) is 75.4 Å². The lowest BCUT2D eigenvalue weighted by Gasteiger charge is -2.36. The molecule has 5 rings (SSSR count). The van der Waals surface area contributed by atoms with Gasteiger partial charge in [-0.25, -0.2) is 0 Å². The van der Waals surface area contributed by atoms with E-state index in [0.717, 1.165) is 39.0 Å². The molecule has 3 aromatic rings. The first-order valence-corrected chi connectivity index (χ1v) is 14.3. The van der Waals surface area contributed by atoms with Crippen LogP contribution < -0.4 is 4.90 Å². The molecule has 3 nitrogen and oxygen atoms in total. The predicted molar refractivity (Wildman–Crippen MR) is 146 cm³/mol. The molecule has 2 aliphatic heterocycles. The lowest BCUT2D eigenvalue weighted by molar-refractivity contribution is 0.0842. The van der Waals surface area contributed by atoms with Gasteiger partial charge in [0.2, 0.25) is 0 Å². The molecule has 7 heteroatoms. The lowest BCUT2D eigenvalue weighted by atomic mass is 9.89. The second kappa shape index (κ2) is 10.5. The van der Waals surface area contributed by atoms with Gasteiger partial charge in [-0.1, -0.05) is 47.1 Å². The average Bonchev–Trinajstić information content (AvgIpc) is 2.86. The first-order valence-electron chi connectivity index (χ1n) is 11.5. The number of hydrogen-bond donors (Lipinski definition) is 0. The van der Waals surface area contributed by atoms with E-state index in [1.54, 1.807) is 30.0 Å². The molecule has 0 radical (unpaired) electrons. The highest BCUT2D eigenvalue weighted by atomic mass is 35.5. The Morgan fingerprint density at radius 3 is 2.50 bits per heavy atom. The topological polar surface area (TPSA) is 23.6 Å². The standard InChI is InChI=1S/C27H26Cl2N2OS2/c1-33-20-7-9-26-24(17-20)31(23-4-2-3-5-25(23)34-26)15-14-30-12-10-18(11-13-30)27(32)21-8-6-19(28)16-22(21)29/h2-9,16-18H,10-15H2,1H3. The molecule has 0 aliphatic carbocycles. The van der Waals surface area contributed by atoms with Crippen molar-refractivity contribution < 1.29 is 4.79 Å². The Morgan fingerprint density at radius 2 is 1.74 bits per heavy atom. The molecule has 1 saturated heterocycles. The number of nitrogens with zero attached hydrogens (tertiary/aromatic N) is 2. The number of Topliss-reactive ketones (excluding diaryl/α,β-unsaturated/α-hetero) is 1. The van der Waals surface area contributed by atoms with E-state index >= 15 is 0 Å². The van der Waals surface area contributed by atoms with Crippen LogP contribution in [0.3, 0.4) is 0 Å². The van der Waals surface area contributed by atoms with Gasteiger partial charge in [-0.05, 0) is 80.7 Å². The van der Waals surface area contributed by atoms with E-state index in [1.165, 1.54) is 26.1 Å². The van der Waals surface area contributed by atoms with Gasteiger partial charge in [0.25, 0.3) is 0 Å². The Kier molecular flexibility index (Phi) is 7.47. The monoisotopic (exact) mass is 528 g/mol. The molecular formula is C27H26Cl2N2OS2. The number of likely N-dealkylation sites (tertiary alicyclic amines) is 1. The second-order valence-corrected chi connectivity index (χ2v) is 11.5. The number of hydrogen-bond acceptors (Lipinski definition) is 5. The van der Waals surface area contributed by atoms with E-state index in [1.807, 2.05) is 11.8 Å². The fourth-order valence-electron chi connectivity index (χ4n) is 4.75. The number of benzene rings is 3. The molecule has 2 heterocycles. The van der Waals surface area contributed by atoms with E-state index < -0.39 is 0 Å². The summed E-state index contributed by atoms with van der Waals surface area (Å²) in [6, 6.07) is 20.6. The summed E-state index contributed by atoms with van der Waals surface area (Å²) < 4.78 is 0. The van der Waals surface area contributed by atoms with Crippen molar-refractivity contribution in [3.8, 4) is 0 Å². The van der Waals surface area contributed by atoms with Crippen LogP contribution in [0.1, 0.15) is 23.2 Å². The maximum absolute atomic E-state index is 13.0. The van der Waals surface area contributed by atoms with Gasteiger partial charge in [0.15, 0.2) is 5.78 Å². The first kappa shape index (κ1) is 24.1. The van der Waals surface area contributed by atoms with Crippen molar-refractivity contribution in [2.45, 2.75) is 27.5 Å². The summed E-state index contributed by atoms with van der Waals surface area (Å²) in [4.78, 5) is 21.9. The fraction of sp³-hybridized carbons (Fsp3) is 0.296. The van der Waals surface area contributed by atoms with Crippen LogP contribution in [0.5, 0.6) is 0 Å². The van der Waals surface area contributed by atoms with Crippen LogP contribution in [-0.2, 0) is 0 Å². The van der Waals surface area contributed by atoms with Crippen molar-refractivity contribution in [2.75, 3.05) is 37.3 Å². The maximum Gasteiger partial charge on any atom is 0.167 e. The molecule has 34 heavy (non-hydrogen) atoms. The molecule has 3 aromatic carbocycles. The molecule has 0 bridgehead atoms. The highest BCUT2D eigenvalue weighted by Gasteiger charge is 2.28. The molecule has 0 N–H and O–H groups in total. The van der Waals surface area contributed by atoms with Gasteiger partial charge in [0.1, 0.15) is 0 Å². The summed E-state index contributed by atoms with van der Waals surface area (Å²) in [5.41, 5.74) is 3.16. The van der Waals surface area contributed by atoms with E-state index in [0.29, 0.717) is 15.6 Å². The lowest BCUT2D eigenvalue weighted by Crippen LogP contribution is -2.40. The predicted octanol–water partition coefficient (Wildman–Crippen LogP) is 7.91. The Bertz CT molecular complexity index is 1210. The second-order valence-electron chi connectivity index (χ2n) is 8.66. The van der Waals surface area contributed by atoms with Gasteiger partial charge in [-0.3, -0.25) is 4.79 Å². The third-order valence-corrected chi connectivity index (χ3v) is 9.03. The van der Waals surface area contributed by atoms with Gasteiger partial charge < -0.3 is 9.80 Å². The van der Waals surface area contributed by atoms with Crippen molar-refractivity contribution in [2.24, 2.45) is 5.92 Å². The van der Waals surface area contributed by atoms with Gasteiger partial charge in [0, 0.05) is 44.3 Å². The highest BCUT2D eigenvalue weighted by molar-refractivity contribution is 8.00. The zero-order valence-electron chi connectivity index (χ0n) is 19.0. The number of anilines is 2. The van der Waals surface area contributed by atoms with Crippen LogP contribution >= 0.6 is 46.7 Å². The van der Waals surface area contributed by atoms with E-state index in [-0.39, 0.29) is 11.7 Å². The number of piperidine rings is 1. The minimum Gasteiger partial charge on any atom is -0.338 e. The molecule has 0 amide bonds. The third kappa shape index (κ3) is 5.00. The van der Waals surface area contributed by atoms with Crippen LogP contribution in [0.2, 0.25) is 10.0 Å². The van der Waals surface area contributed by atoms with E-state index in [2.05, 4.69) is 58.5 Å². The summed E-state index contributed by atoms with van der Waals surface area (Å²) in [6.07, 6.45) is 3.84.